The number of aryl methyl sites for hydroxylation is 2. The lowest BCUT2D eigenvalue weighted by Crippen LogP contribution is -2.15. The molecule has 246 valence electrons. The number of hydrogen-bond acceptors (Lipinski definition) is 8. The summed E-state index contributed by atoms with van der Waals surface area (Å²) in [7, 11) is 0. The van der Waals surface area contributed by atoms with E-state index < -0.39 is 24.6 Å². The number of allylic oxidation sites excluding steroid dienone is 1. The second-order valence-electron chi connectivity index (χ2n) is 10.2. The maximum absolute atomic E-state index is 12.7. The van der Waals surface area contributed by atoms with Crippen LogP contribution in [0.25, 0.3) is 22.3 Å². The Bertz CT molecular complexity index is 1480. The standard InChI is InChI=1S/C36H40F2O8/c1-3-26-23-31(44-19-21-46-36(42)25(2)24-40)13-15-32(26)29-10-14-33(28(22-29)6-4-5-7-34(37)38)27-8-11-30(12-9-27)43-18-20-45-35(41)16-17-39/h7-15,22-23,39-40H,2-6,16-21,24H2,1H3. The Hall–Kier alpha value is -4.54. The molecular weight excluding hydrogens is 598 g/mol. The first kappa shape index (κ1) is 35.9. The van der Waals surface area contributed by atoms with E-state index in [4.69, 9.17) is 29.2 Å². The summed E-state index contributed by atoms with van der Waals surface area (Å²) < 4.78 is 46.8. The molecule has 3 aromatic carbocycles. The zero-order valence-corrected chi connectivity index (χ0v) is 25.9. The van der Waals surface area contributed by atoms with Crippen LogP contribution in [-0.4, -0.2) is 61.8 Å². The third-order valence-electron chi connectivity index (χ3n) is 6.98. The van der Waals surface area contributed by atoms with Crippen molar-refractivity contribution in [3.05, 3.63) is 96.1 Å². The van der Waals surface area contributed by atoms with Crippen molar-refractivity contribution in [1.82, 2.24) is 0 Å². The highest BCUT2D eigenvalue weighted by Crippen LogP contribution is 2.34. The molecule has 0 aliphatic carbocycles. The molecule has 46 heavy (non-hydrogen) atoms. The number of hydrogen-bond donors (Lipinski definition) is 2. The average Bonchev–Trinajstić information content (AvgIpc) is 3.06. The molecule has 0 spiro atoms. The number of aliphatic hydroxyl groups excluding tert-OH is 2. The molecule has 0 bridgehead atoms. The second kappa shape index (κ2) is 19.1. The number of ether oxygens (including phenoxy) is 4. The molecular formula is C36H40F2O8. The Kier molecular flexibility index (Phi) is 14.9. The van der Waals surface area contributed by atoms with Gasteiger partial charge in [-0.1, -0.05) is 49.9 Å². The van der Waals surface area contributed by atoms with Gasteiger partial charge in [-0.15, -0.1) is 0 Å². The molecule has 0 unspecified atom stereocenters. The van der Waals surface area contributed by atoms with E-state index in [1.807, 2.05) is 61.5 Å². The summed E-state index contributed by atoms with van der Waals surface area (Å²) in [6.07, 6.45) is 1.33. The number of benzene rings is 3. The van der Waals surface area contributed by atoms with Gasteiger partial charge in [-0.2, -0.15) is 8.78 Å². The molecule has 3 aromatic rings. The van der Waals surface area contributed by atoms with Gasteiger partial charge in [-0.3, -0.25) is 4.79 Å². The zero-order chi connectivity index (χ0) is 33.3. The van der Waals surface area contributed by atoms with Gasteiger partial charge in [0.05, 0.1) is 25.2 Å². The molecule has 0 aliphatic rings. The predicted octanol–water partition coefficient (Wildman–Crippen LogP) is 6.46. The van der Waals surface area contributed by atoms with E-state index in [-0.39, 0.29) is 51.4 Å². The first-order valence-electron chi connectivity index (χ1n) is 15.1. The highest BCUT2D eigenvalue weighted by Gasteiger charge is 2.13. The number of unbranched alkanes of at least 4 members (excludes halogenated alkanes) is 1. The van der Waals surface area contributed by atoms with Crippen LogP contribution < -0.4 is 9.47 Å². The molecule has 0 fully saturated rings. The first-order chi connectivity index (χ1) is 22.2. The van der Waals surface area contributed by atoms with Crippen LogP contribution in [-0.2, 0) is 31.9 Å². The monoisotopic (exact) mass is 638 g/mol. The summed E-state index contributed by atoms with van der Waals surface area (Å²) in [5, 5.41) is 17.7. The van der Waals surface area contributed by atoms with Gasteiger partial charge < -0.3 is 29.2 Å². The third-order valence-corrected chi connectivity index (χ3v) is 6.98. The van der Waals surface area contributed by atoms with E-state index in [9.17, 15) is 18.4 Å². The summed E-state index contributed by atoms with van der Waals surface area (Å²) in [5.74, 6) is 0.0763. The highest BCUT2D eigenvalue weighted by molar-refractivity contribution is 5.87. The molecule has 0 atom stereocenters. The fourth-order valence-electron chi connectivity index (χ4n) is 4.66. The van der Waals surface area contributed by atoms with E-state index in [0.29, 0.717) is 24.3 Å². The Morgan fingerprint density at radius 2 is 1.43 bits per heavy atom. The Morgan fingerprint density at radius 1 is 0.804 bits per heavy atom. The minimum Gasteiger partial charge on any atom is -0.490 e. The number of aliphatic hydroxyl groups is 2. The van der Waals surface area contributed by atoms with Crippen LogP contribution in [0.1, 0.15) is 37.3 Å². The van der Waals surface area contributed by atoms with Gasteiger partial charge in [0.25, 0.3) is 6.08 Å². The van der Waals surface area contributed by atoms with E-state index in [1.165, 1.54) is 0 Å². The van der Waals surface area contributed by atoms with Crippen LogP contribution in [0.4, 0.5) is 8.78 Å². The summed E-state index contributed by atoms with van der Waals surface area (Å²) in [4.78, 5) is 23.0. The lowest BCUT2D eigenvalue weighted by Gasteiger charge is -2.16. The smallest absolute Gasteiger partial charge is 0.335 e. The maximum Gasteiger partial charge on any atom is 0.335 e. The molecule has 8 nitrogen and oxygen atoms in total. The zero-order valence-electron chi connectivity index (χ0n) is 25.9. The molecule has 10 heteroatoms. The van der Waals surface area contributed by atoms with Crippen LogP contribution in [0, 0.1) is 0 Å². The van der Waals surface area contributed by atoms with Crippen LogP contribution in [0.5, 0.6) is 11.5 Å². The Balaban J connectivity index is 1.76. The predicted molar refractivity (Wildman–Crippen MR) is 171 cm³/mol. The fraction of sp³-hybridized carbons (Fsp3) is 0.333. The Morgan fingerprint density at radius 3 is 2.11 bits per heavy atom. The molecule has 3 rings (SSSR count). The molecule has 0 radical (unpaired) electrons. The minimum absolute atomic E-state index is 0.0152. The van der Waals surface area contributed by atoms with Gasteiger partial charge in [0.2, 0.25) is 0 Å². The quantitative estimate of drug-likeness (QED) is 0.0875. The van der Waals surface area contributed by atoms with E-state index in [1.54, 1.807) is 0 Å². The van der Waals surface area contributed by atoms with Crippen molar-refractivity contribution >= 4 is 11.9 Å². The molecule has 2 N–H and O–H groups in total. The van der Waals surface area contributed by atoms with Crippen molar-refractivity contribution in [2.75, 3.05) is 39.6 Å². The summed E-state index contributed by atoms with van der Waals surface area (Å²) >= 11 is 0. The van der Waals surface area contributed by atoms with E-state index >= 15 is 0 Å². The molecule has 0 saturated carbocycles. The second-order valence-corrected chi connectivity index (χ2v) is 10.2. The largest absolute Gasteiger partial charge is 0.490 e. The van der Waals surface area contributed by atoms with E-state index in [2.05, 4.69) is 12.6 Å². The molecule has 0 aromatic heterocycles. The van der Waals surface area contributed by atoms with Gasteiger partial charge in [0.1, 0.15) is 37.9 Å². The van der Waals surface area contributed by atoms with Crippen LogP contribution in [0.2, 0.25) is 0 Å². The van der Waals surface area contributed by atoms with Crippen molar-refractivity contribution in [2.45, 2.75) is 39.0 Å². The van der Waals surface area contributed by atoms with Crippen molar-refractivity contribution in [3.8, 4) is 33.8 Å². The van der Waals surface area contributed by atoms with Crippen molar-refractivity contribution in [1.29, 1.82) is 0 Å². The van der Waals surface area contributed by atoms with E-state index in [0.717, 1.165) is 45.9 Å². The summed E-state index contributed by atoms with van der Waals surface area (Å²) in [6.45, 7) is 5.15. The van der Waals surface area contributed by atoms with Crippen molar-refractivity contribution < 1.29 is 47.5 Å². The average molecular weight is 639 g/mol. The van der Waals surface area contributed by atoms with Crippen LogP contribution in [0.15, 0.2) is 85.0 Å². The summed E-state index contributed by atoms with van der Waals surface area (Å²) in [6, 6.07) is 19.4. The minimum atomic E-state index is -1.68. The lowest BCUT2D eigenvalue weighted by molar-refractivity contribution is -0.145. The number of halogens is 2. The first-order valence-corrected chi connectivity index (χ1v) is 15.1. The topological polar surface area (TPSA) is 112 Å². The number of esters is 2. The molecule has 0 amide bonds. The number of carbonyl (C=O) groups excluding carboxylic acids is 2. The van der Waals surface area contributed by atoms with Crippen molar-refractivity contribution in [3.63, 3.8) is 0 Å². The fourth-order valence-corrected chi connectivity index (χ4v) is 4.66. The molecule has 0 saturated heterocycles. The van der Waals surface area contributed by atoms with Gasteiger partial charge in [-0.25, -0.2) is 4.79 Å². The SMILES string of the molecule is C=C(CO)C(=O)OCCOc1ccc(-c2ccc(-c3ccc(OCCOC(=O)CCO)cc3)c(CCCC=C(F)F)c2)c(CC)c1. The molecule has 0 heterocycles. The highest BCUT2D eigenvalue weighted by atomic mass is 19.3. The summed E-state index contributed by atoms with van der Waals surface area (Å²) in [5.41, 5.74) is 5.98. The van der Waals surface area contributed by atoms with Gasteiger partial charge >= 0.3 is 11.9 Å². The van der Waals surface area contributed by atoms with Gasteiger partial charge in [0.15, 0.2) is 0 Å². The number of carbonyl (C=O) groups is 2. The van der Waals surface area contributed by atoms with Crippen molar-refractivity contribution in [2.24, 2.45) is 0 Å². The lowest BCUT2D eigenvalue weighted by atomic mass is 9.90. The molecule has 0 aliphatic heterocycles. The normalized spacial score (nSPS) is 10.6. The van der Waals surface area contributed by atoms with Gasteiger partial charge in [0, 0.05) is 0 Å². The Labute approximate surface area is 267 Å². The third kappa shape index (κ3) is 11.4. The van der Waals surface area contributed by atoms with Crippen LogP contribution >= 0.6 is 0 Å². The number of rotatable bonds is 19. The van der Waals surface area contributed by atoms with Crippen LogP contribution in [0.3, 0.4) is 0 Å². The van der Waals surface area contributed by atoms with Gasteiger partial charge in [-0.05, 0) is 89.4 Å². The maximum atomic E-state index is 12.7.